The summed E-state index contributed by atoms with van der Waals surface area (Å²) in [5.41, 5.74) is 3.29. The molecule has 2 fully saturated rings. The van der Waals surface area contributed by atoms with Crippen molar-refractivity contribution in [2.24, 2.45) is 0 Å². The van der Waals surface area contributed by atoms with Gasteiger partial charge < -0.3 is 4.90 Å². The van der Waals surface area contributed by atoms with Gasteiger partial charge in [0.2, 0.25) is 0 Å². The Hall–Kier alpha value is -0.820. The van der Waals surface area contributed by atoms with Crippen LogP contribution in [0.2, 0.25) is 0 Å². The van der Waals surface area contributed by atoms with Gasteiger partial charge in [-0.25, -0.2) is 0 Å². The Labute approximate surface area is 130 Å². The van der Waals surface area contributed by atoms with Crippen LogP contribution in [0.25, 0.3) is 0 Å². The summed E-state index contributed by atoms with van der Waals surface area (Å²) in [4.78, 5) is 2.77. The molecule has 1 aromatic rings. The first-order valence-electron chi connectivity index (χ1n) is 8.88. The molecule has 1 aliphatic carbocycles. The molecule has 0 spiro atoms. The van der Waals surface area contributed by atoms with Gasteiger partial charge in [-0.1, -0.05) is 57.9 Å². The van der Waals surface area contributed by atoms with E-state index < -0.39 is 0 Å². The van der Waals surface area contributed by atoms with E-state index in [9.17, 15) is 0 Å². The third-order valence-corrected chi connectivity index (χ3v) is 5.62. The molecule has 1 aliphatic heterocycles. The SMILES string of the molecule is CC(C)(C)c1ccc(C2CCN(C3CCCC3)CC2)cc1. The van der Waals surface area contributed by atoms with Crippen LogP contribution >= 0.6 is 0 Å². The largest absolute Gasteiger partial charge is 0.300 e. The first-order chi connectivity index (χ1) is 10.0. The van der Waals surface area contributed by atoms with Crippen LogP contribution in [0.5, 0.6) is 0 Å². The summed E-state index contributed by atoms with van der Waals surface area (Å²) in [7, 11) is 0. The minimum Gasteiger partial charge on any atom is -0.300 e. The number of likely N-dealkylation sites (tertiary alicyclic amines) is 1. The summed E-state index contributed by atoms with van der Waals surface area (Å²) in [6.45, 7) is 9.51. The first-order valence-corrected chi connectivity index (χ1v) is 8.88. The molecule has 0 radical (unpaired) electrons. The Bertz CT molecular complexity index is 440. The second kappa shape index (κ2) is 6.12. The third kappa shape index (κ3) is 3.51. The molecule has 0 bridgehead atoms. The van der Waals surface area contributed by atoms with E-state index in [4.69, 9.17) is 0 Å². The second-order valence-electron chi connectivity index (χ2n) is 8.12. The van der Waals surface area contributed by atoms with Gasteiger partial charge in [-0.3, -0.25) is 0 Å². The average molecular weight is 285 g/mol. The third-order valence-electron chi connectivity index (χ3n) is 5.62. The second-order valence-corrected chi connectivity index (χ2v) is 8.12. The lowest BCUT2D eigenvalue weighted by atomic mass is 9.83. The van der Waals surface area contributed by atoms with Gasteiger partial charge >= 0.3 is 0 Å². The molecule has 1 saturated heterocycles. The van der Waals surface area contributed by atoms with Gasteiger partial charge in [0.1, 0.15) is 0 Å². The average Bonchev–Trinajstić information content (AvgIpc) is 3.01. The lowest BCUT2D eigenvalue weighted by molar-refractivity contribution is 0.154. The van der Waals surface area contributed by atoms with Crippen molar-refractivity contribution in [3.63, 3.8) is 0 Å². The minimum absolute atomic E-state index is 0.268. The van der Waals surface area contributed by atoms with Gasteiger partial charge in [0.25, 0.3) is 0 Å². The molecule has 1 heteroatoms. The lowest BCUT2D eigenvalue weighted by Crippen LogP contribution is -2.39. The van der Waals surface area contributed by atoms with Crippen LogP contribution in [-0.4, -0.2) is 24.0 Å². The van der Waals surface area contributed by atoms with Crippen molar-refractivity contribution in [1.82, 2.24) is 4.90 Å². The molecule has 1 saturated carbocycles. The number of benzene rings is 1. The van der Waals surface area contributed by atoms with Gasteiger partial charge in [-0.05, 0) is 61.2 Å². The molecule has 0 N–H and O–H groups in total. The zero-order valence-corrected chi connectivity index (χ0v) is 14.1. The van der Waals surface area contributed by atoms with Crippen LogP contribution in [-0.2, 0) is 5.41 Å². The highest BCUT2D eigenvalue weighted by atomic mass is 15.2. The van der Waals surface area contributed by atoms with Crippen LogP contribution in [0.3, 0.4) is 0 Å². The van der Waals surface area contributed by atoms with Gasteiger partial charge in [0.15, 0.2) is 0 Å². The standard InChI is InChI=1S/C20H31N/c1-20(2,3)18-10-8-16(9-11-18)17-12-14-21(15-13-17)19-6-4-5-7-19/h8-11,17,19H,4-7,12-15H2,1-3H3. The monoisotopic (exact) mass is 285 g/mol. The summed E-state index contributed by atoms with van der Waals surface area (Å²) >= 11 is 0. The number of piperidine rings is 1. The fourth-order valence-electron chi connectivity index (χ4n) is 4.12. The maximum atomic E-state index is 2.77. The lowest BCUT2D eigenvalue weighted by Gasteiger charge is -2.36. The van der Waals surface area contributed by atoms with E-state index in [-0.39, 0.29) is 5.41 Å². The summed E-state index contributed by atoms with van der Waals surface area (Å²) < 4.78 is 0. The van der Waals surface area contributed by atoms with E-state index in [2.05, 4.69) is 49.9 Å². The highest BCUT2D eigenvalue weighted by Gasteiger charge is 2.27. The van der Waals surface area contributed by atoms with Gasteiger partial charge in [0, 0.05) is 6.04 Å². The van der Waals surface area contributed by atoms with Crippen LogP contribution in [0.15, 0.2) is 24.3 Å². The Morgan fingerprint density at radius 2 is 1.43 bits per heavy atom. The van der Waals surface area contributed by atoms with Gasteiger partial charge in [0.05, 0.1) is 0 Å². The maximum absolute atomic E-state index is 2.77. The molecular weight excluding hydrogens is 254 g/mol. The van der Waals surface area contributed by atoms with Crippen LogP contribution in [0.1, 0.15) is 76.3 Å². The van der Waals surface area contributed by atoms with Crippen molar-refractivity contribution in [1.29, 1.82) is 0 Å². The van der Waals surface area contributed by atoms with E-state index in [1.807, 2.05) is 0 Å². The van der Waals surface area contributed by atoms with E-state index in [1.165, 1.54) is 57.2 Å². The van der Waals surface area contributed by atoms with Crippen molar-refractivity contribution in [3.05, 3.63) is 35.4 Å². The summed E-state index contributed by atoms with van der Waals surface area (Å²) in [6, 6.07) is 10.4. The van der Waals surface area contributed by atoms with Crippen LogP contribution in [0.4, 0.5) is 0 Å². The Morgan fingerprint density at radius 3 is 1.95 bits per heavy atom. The van der Waals surface area contributed by atoms with Crippen LogP contribution < -0.4 is 0 Å². The molecule has 21 heavy (non-hydrogen) atoms. The molecule has 3 rings (SSSR count). The molecular formula is C20H31N. The van der Waals surface area contributed by atoms with Crippen LogP contribution in [0, 0.1) is 0 Å². The predicted molar refractivity (Wildman–Crippen MR) is 90.9 cm³/mol. The van der Waals surface area contributed by atoms with Crippen molar-refractivity contribution in [2.75, 3.05) is 13.1 Å². The van der Waals surface area contributed by atoms with Gasteiger partial charge in [-0.15, -0.1) is 0 Å². The highest BCUT2D eigenvalue weighted by Crippen LogP contribution is 2.33. The van der Waals surface area contributed by atoms with E-state index in [1.54, 1.807) is 5.56 Å². The fourth-order valence-corrected chi connectivity index (χ4v) is 4.12. The maximum Gasteiger partial charge on any atom is 0.00952 e. The first kappa shape index (κ1) is 15.1. The number of hydrogen-bond donors (Lipinski definition) is 0. The van der Waals surface area contributed by atoms with Crippen molar-refractivity contribution in [2.45, 2.75) is 76.7 Å². The zero-order chi connectivity index (χ0) is 14.9. The van der Waals surface area contributed by atoms with Gasteiger partial charge in [-0.2, -0.15) is 0 Å². The quantitative estimate of drug-likeness (QED) is 0.730. The number of hydrogen-bond acceptors (Lipinski definition) is 1. The predicted octanol–water partition coefficient (Wildman–Crippen LogP) is 5.11. The molecule has 0 atom stereocenters. The van der Waals surface area contributed by atoms with Crippen molar-refractivity contribution < 1.29 is 0 Å². The van der Waals surface area contributed by atoms with Crippen molar-refractivity contribution in [3.8, 4) is 0 Å². The number of nitrogens with zero attached hydrogens (tertiary/aromatic N) is 1. The molecule has 116 valence electrons. The Morgan fingerprint density at radius 1 is 0.857 bits per heavy atom. The fraction of sp³-hybridized carbons (Fsp3) is 0.700. The molecule has 0 unspecified atom stereocenters. The molecule has 0 aromatic heterocycles. The molecule has 1 aromatic carbocycles. The van der Waals surface area contributed by atoms with E-state index >= 15 is 0 Å². The Kier molecular flexibility index (Phi) is 4.40. The zero-order valence-electron chi connectivity index (χ0n) is 14.1. The van der Waals surface area contributed by atoms with Crippen molar-refractivity contribution >= 4 is 0 Å². The highest BCUT2D eigenvalue weighted by molar-refractivity contribution is 5.29. The number of rotatable bonds is 2. The topological polar surface area (TPSA) is 3.24 Å². The summed E-state index contributed by atoms with van der Waals surface area (Å²) in [6.07, 6.45) is 8.52. The summed E-state index contributed by atoms with van der Waals surface area (Å²) in [5.74, 6) is 0.789. The molecule has 0 amide bonds. The van der Waals surface area contributed by atoms with E-state index in [0.29, 0.717) is 0 Å². The molecule has 1 heterocycles. The normalized spacial score (nSPS) is 22.8. The van der Waals surface area contributed by atoms with E-state index in [0.717, 1.165) is 12.0 Å². The smallest absolute Gasteiger partial charge is 0.00952 e. The molecule has 2 aliphatic rings. The summed E-state index contributed by atoms with van der Waals surface area (Å²) in [5, 5.41) is 0. The molecule has 1 nitrogen and oxygen atoms in total. The Balaban J connectivity index is 1.59. The minimum atomic E-state index is 0.268.